The van der Waals surface area contributed by atoms with Gasteiger partial charge in [0.05, 0.1) is 5.69 Å². The van der Waals surface area contributed by atoms with E-state index in [0.29, 0.717) is 21.5 Å². The van der Waals surface area contributed by atoms with Crippen LogP contribution in [0, 0.1) is 5.92 Å². The molecule has 3 nitrogen and oxygen atoms in total. The molecule has 1 aliphatic heterocycles. The maximum atomic E-state index is 12.9. The van der Waals surface area contributed by atoms with Gasteiger partial charge in [-0.25, -0.2) is 0 Å². The van der Waals surface area contributed by atoms with Crippen LogP contribution in [-0.2, 0) is 0 Å². The zero-order valence-electron chi connectivity index (χ0n) is 12.2. The Morgan fingerprint density at radius 2 is 2.14 bits per heavy atom. The summed E-state index contributed by atoms with van der Waals surface area (Å²) < 4.78 is 0.973. The lowest BCUT2D eigenvalue weighted by Gasteiger charge is -2.36. The first-order valence-corrected chi connectivity index (χ1v) is 8.45. The molecular weight excluding hydrogens is 304 g/mol. The van der Waals surface area contributed by atoms with E-state index >= 15 is 0 Å². The van der Waals surface area contributed by atoms with Crippen LogP contribution in [-0.4, -0.2) is 23.4 Å². The molecule has 1 aromatic heterocycles. The van der Waals surface area contributed by atoms with Gasteiger partial charge < -0.3 is 10.6 Å². The predicted molar refractivity (Wildman–Crippen MR) is 90.1 cm³/mol. The van der Waals surface area contributed by atoms with E-state index < -0.39 is 0 Å². The Morgan fingerprint density at radius 1 is 1.38 bits per heavy atom. The summed E-state index contributed by atoms with van der Waals surface area (Å²) in [5.74, 6) is 0.610. The van der Waals surface area contributed by atoms with Gasteiger partial charge in [0.15, 0.2) is 0 Å². The highest BCUT2D eigenvalue weighted by atomic mass is 35.5. The third-order valence-electron chi connectivity index (χ3n) is 4.26. The molecule has 1 aliphatic rings. The average Bonchev–Trinajstić information content (AvgIpc) is 2.77. The largest absolute Gasteiger partial charge is 0.397 e. The highest BCUT2D eigenvalue weighted by molar-refractivity contribution is 7.21. The quantitative estimate of drug-likeness (QED) is 0.846. The van der Waals surface area contributed by atoms with Crippen molar-refractivity contribution >= 4 is 44.6 Å². The molecule has 2 aromatic rings. The standard InChI is InChI=1S/C16H19ClN2OS/c1-9-3-4-10(2)19(8-9)16(20)15-14(18)12-6-5-11(17)7-13(12)21-15/h5-7,9-10H,3-4,8,18H2,1-2H3. The molecule has 5 heteroatoms. The predicted octanol–water partition coefficient (Wildman–Crippen LogP) is 4.40. The molecule has 1 fully saturated rings. The second kappa shape index (κ2) is 5.50. The van der Waals surface area contributed by atoms with E-state index in [2.05, 4.69) is 13.8 Å². The first-order valence-electron chi connectivity index (χ1n) is 7.26. The number of rotatable bonds is 1. The van der Waals surface area contributed by atoms with Crippen LogP contribution >= 0.6 is 22.9 Å². The molecule has 1 amide bonds. The van der Waals surface area contributed by atoms with Crippen molar-refractivity contribution in [3.8, 4) is 0 Å². The number of hydrogen-bond donors (Lipinski definition) is 1. The summed E-state index contributed by atoms with van der Waals surface area (Å²) in [5.41, 5.74) is 6.78. The molecule has 0 spiro atoms. The summed E-state index contributed by atoms with van der Waals surface area (Å²) in [7, 11) is 0. The maximum absolute atomic E-state index is 12.9. The Morgan fingerprint density at radius 3 is 2.90 bits per heavy atom. The molecular formula is C16H19ClN2OS. The van der Waals surface area contributed by atoms with E-state index in [1.807, 2.05) is 23.1 Å². The van der Waals surface area contributed by atoms with E-state index in [-0.39, 0.29) is 11.9 Å². The highest BCUT2D eigenvalue weighted by Crippen LogP contribution is 2.37. The van der Waals surface area contributed by atoms with Gasteiger partial charge in [0.2, 0.25) is 0 Å². The molecule has 0 aliphatic carbocycles. The van der Waals surface area contributed by atoms with E-state index in [0.717, 1.165) is 23.1 Å². The average molecular weight is 323 g/mol. The van der Waals surface area contributed by atoms with Crippen LogP contribution < -0.4 is 5.73 Å². The van der Waals surface area contributed by atoms with Crippen LogP contribution in [0.25, 0.3) is 10.1 Å². The summed E-state index contributed by atoms with van der Waals surface area (Å²) in [5, 5.41) is 1.59. The van der Waals surface area contributed by atoms with Gasteiger partial charge in [-0.2, -0.15) is 0 Å². The van der Waals surface area contributed by atoms with Crippen molar-refractivity contribution < 1.29 is 4.79 Å². The number of amides is 1. The van der Waals surface area contributed by atoms with Gasteiger partial charge in [-0.05, 0) is 43.9 Å². The molecule has 112 valence electrons. The molecule has 21 heavy (non-hydrogen) atoms. The summed E-state index contributed by atoms with van der Waals surface area (Å²) in [4.78, 5) is 15.5. The number of nitrogens with two attached hydrogens (primary N) is 1. The fourth-order valence-corrected chi connectivity index (χ4v) is 4.31. The Hall–Kier alpha value is -1.26. The van der Waals surface area contributed by atoms with Crippen LogP contribution in [0.15, 0.2) is 18.2 Å². The van der Waals surface area contributed by atoms with E-state index in [9.17, 15) is 4.79 Å². The van der Waals surface area contributed by atoms with Crippen molar-refractivity contribution in [2.24, 2.45) is 5.92 Å². The number of carbonyl (C=O) groups excluding carboxylic acids is 1. The Balaban J connectivity index is 1.99. The fraction of sp³-hybridized carbons (Fsp3) is 0.438. The number of nitrogens with zero attached hydrogens (tertiary/aromatic N) is 1. The first kappa shape index (κ1) is 14.7. The molecule has 0 saturated carbocycles. The molecule has 2 heterocycles. The van der Waals surface area contributed by atoms with Gasteiger partial charge in [-0.3, -0.25) is 4.79 Å². The number of piperidine rings is 1. The second-order valence-corrected chi connectivity index (χ2v) is 7.46. The van der Waals surface area contributed by atoms with Crippen LogP contribution in [0.1, 0.15) is 36.4 Å². The van der Waals surface area contributed by atoms with E-state index in [1.165, 1.54) is 17.8 Å². The lowest BCUT2D eigenvalue weighted by atomic mass is 9.95. The minimum Gasteiger partial charge on any atom is -0.397 e. The number of hydrogen-bond acceptors (Lipinski definition) is 3. The first-order chi connectivity index (χ1) is 9.97. The molecule has 3 rings (SSSR count). The monoisotopic (exact) mass is 322 g/mol. The number of anilines is 1. The van der Waals surface area contributed by atoms with E-state index in [1.54, 1.807) is 0 Å². The smallest absolute Gasteiger partial charge is 0.266 e. The van der Waals surface area contributed by atoms with Crippen LogP contribution in [0.4, 0.5) is 5.69 Å². The number of carbonyl (C=O) groups is 1. The minimum atomic E-state index is 0.0591. The molecule has 2 N–H and O–H groups in total. The van der Waals surface area contributed by atoms with Gasteiger partial charge >= 0.3 is 0 Å². The van der Waals surface area contributed by atoms with Crippen molar-refractivity contribution in [3.63, 3.8) is 0 Å². The molecule has 1 aromatic carbocycles. The number of thiophene rings is 1. The van der Waals surface area contributed by atoms with Crippen molar-refractivity contribution in [1.29, 1.82) is 0 Å². The summed E-state index contributed by atoms with van der Waals surface area (Å²) >= 11 is 7.46. The third-order valence-corrected chi connectivity index (χ3v) is 5.65. The molecule has 0 radical (unpaired) electrons. The fourth-order valence-electron chi connectivity index (χ4n) is 2.95. The maximum Gasteiger partial charge on any atom is 0.266 e. The zero-order valence-corrected chi connectivity index (χ0v) is 13.8. The zero-order chi connectivity index (χ0) is 15.1. The number of halogens is 1. The van der Waals surface area contributed by atoms with Gasteiger partial charge in [0.1, 0.15) is 4.88 Å². The van der Waals surface area contributed by atoms with Crippen molar-refractivity contribution in [2.75, 3.05) is 12.3 Å². The van der Waals surface area contributed by atoms with Crippen molar-refractivity contribution in [3.05, 3.63) is 28.1 Å². The Labute approximate surface area is 133 Å². The van der Waals surface area contributed by atoms with Crippen LogP contribution in [0.2, 0.25) is 5.02 Å². The third kappa shape index (κ3) is 2.62. The minimum absolute atomic E-state index is 0.0591. The van der Waals surface area contributed by atoms with Gasteiger partial charge in [0.25, 0.3) is 5.91 Å². The highest BCUT2D eigenvalue weighted by Gasteiger charge is 2.30. The Kier molecular flexibility index (Phi) is 3.84. The SMILES string of the molecule is CC1CCC(C)N(C(=O)c2sc3cc(Cl)ccc3c2N)C1. The summed E-state index contributed by atoms with van der Waals surface area (Å²) in [6.07, 6.45) is 2.24. The molecule has 0 bridgehead atoms. The normalized spacial score (nSPS) is 22.7. The van der Waals surface area contributed by atoms with Gasteiger partial charge in [-0.1, -0.05) is 18.5 Å². The van der Waals surface area contributed by atoms with Crippen molar-refractivity contribution in [1.82, 2.24) is 4.90 Å². The van der Waals surface area contributed by atoms with Crippen molar-refractivity contribution in [2.45, 2.75) is 32.7 Å². The number of fused-ring (bicyclic) bond motifs is 1. The lowest BCUT2D eigenvalue weighted by Crippen LogP contribution is -2.44. The summed E-state index contributed by atoms with van der Waals surface area (Å²) in [6.45, 7) is 5.12. The lowest BCUT2D eigenvalue weighted by molar-refractivity contribution is 0.0580. The van der Waals surface area contributed by atoms with Gasteiger partial charge in [0, 0.05) is 27.7 Å². The topological polar surface area (TPSA) is 46.3 Å². The molecule has 2 unspecified atom stereocenters. The number of nitrogen functional groups attached to an aromatic ring is 1. The van der Waals surface area contributed by atoms with Crippen LogP contribution in [0.5, 0.6) is 0 Å². The second-order valence-electron chi connectivity index (χ2n) is 5.97. The number of likely N-dealkylation sites (tertiary alicyclic amines) is 1. The molecule has 1 saturated heterocycles. The van der Waals surface area contributed by atoms with E-state index in [4.69, 9.17) is 17.3 Å². The molecule has 2 atom stereocenters. The Bertz CT molecular complexity index is 697. The number of benzene rings is 1. The van der Waals surface area contributed by atoms with Crippen LogP contribution in [0.3, 0.4) is 0 Å². The summed E-state index contributed by atoms with van der Waals surface area (Å²) in [6, 6.07) is 5.86. The van der Waals surface area contributed by atoms with Gasteiger partial charge in [-0.15, -0.1) is 11.3 Å².